The Morgan fingerprint density at radius 1 is 1.11 bits per heavy atom. The number of rotatable bonds is 13. The third kappa shape index (κ3) is 8.34. The molecule has 188 valence electrons. The molecular formula is C23H31N7O4S. The van der Waals surface area contributed by atoms with Crippen LogP contribution in [0.4, 0.5) is 5.82 Å². The first-order chi connectivity index (χ1) is 16.7. The minimum atomic E-state index is -3.26. The van der Waals surface area contributed by atoms with Gasteiger partial charge in [0, 0.05) is 36.7 Å². The normalized spacial score (nSPS) is 11.3. The highest BCUT2D eigenvalue weighted by Gasteiger charge is 2.14. The fourth-order valence-corrected chi connectivity index (χ4v) is 3.92. The molecule has 1 aromatic carbocycles. The number of carbonyl (C=O) groups is 1. The smallest absolute Gasteiger partial charge is 0.239 e. The number of amides is 1. The van der Waals surface area contributed by atoms with Gasteiger partial charge in [0.2, 0.25) is 21.9 Å². The van der Waals surface area contributed by atoms with E-state index in [0.29, 0.717) is 44.1 Å². The number of methoxy groups -OCH3 is 1. The number of benzene rings is 1. The van der Waals surface area contributed by atoms with Gasteiger partial charge in [-0.05, 0) is 43.9 Å². The summed E-state index contributed by atoms with van der Waals surface area (Å²) in [6.07, 6.45) is 7.89. The topological polar surface area (TPSA) is 140 Å². The van der Waals surface area contributed by atoms with E-state index in [4.69, 9.17) is 4.74 Å². The number of nitrogens with one attached hydrogen (secondary N) is 3. The van der Waals surface area contributed by atoms with Crippen LogP contribution < -0.4 is 20.1 Å². The Morgan fingerprint density at radius 2 is 1.89 bits per heavy atom. The number of imidazole rings is 1. The third-order valence-electron chi connectivity index (χ3n) is 5.22. The van der Waals surface area contributed by atoms with Gasteiger partial charge in [-0.15, -0.1) is 0 Å². The molecule has 35 heavy (non-hydrogen) atoms. The zero-order valence-corrected chi connectivity index (χ0v) is 20.9. The lowest BCUT2D eigenvalue weighted by molar-refractivity contribution is -0.119. The molecule has 0 saturated heterocycles. The second-order valence-corrected chi connectivity index (χ2v) is 9.81. The predicted molar refractivity (Wildman–Crippen MR) is 133 cm³/mol. The number of aryl methyl sites for hydroxylation is 1. The van der Waals surface area contributed by atoms with Crippen molar-refractivity contribution in [1.82, 2.24) is 29.6 Å². The molecule has 2 heterocycles. The van der Waals surface area contributed by atoms with Crippen LogP contribution in [-0.4, -0.2) is 66.8 Å². The summed E-state index contributed by atoms with van der Waals surface area (Å²) >= 11 is 0. The number of sulfonamides is 1. The summed E-state index contributed by atoms with van der Waals surface area (Å²) in [5, 5.41) is 6.03. The van der Waals surface area contributed by atoms with Crippen molar-refractivity contribution in [2.24, 2.45) is 0 Å². The largest absolute Gasteiger partial charge is 0.497 e. The van der Waals surface area contributed by atoms with Crippen LogP contribution in [0.2, 0.25) is 0 Å². The van der Waals surface area contributed by atoms with E-state index in [1.807, 2.05) is 31.2 Å². The van der Waals surface area contributed by atoms with Crippen molar-refractivity contribution in [3.8, 4) is 11.7 Å². The maximum atomic E-state index is 12.5. The molecule has 0 bridgehead atoms. The van der Waals surface area contributed by atoms with Gasteiger partial charge in [0.15, 0.2) is 0 Å². The fraction of sp³-hybridized carbons (Fsp3) is 0.391. The van der Waals surface area contributed by atoms with E-state index in [0.717, 1.165) is 28.8 Å². The summed E-state index contributed by atoms with van der Waals surface area (Å²) in [6, 6.07) is 7.72. The minimum Gasteiger partial charge on any atom is -0.497 e. The van der Waals surface area contributed by atoms with Gasteiger partial charge < -0.3 is 15.4 Å². The first-order valence-electron chi connectivity index (χ1n) is 11.2. The highest BCUT2D eigenvalue weighted by molar-refractivity contribution is 7.88. The molecule has 12 heteroatoms. The van der Waals surface area contributed by atoms with Crippen LogP contribution in [0.1, 0.15) is 23.2 Å². The van der Waals surface area contributed by atoms with E-state index in [2.05, 4.69) is 30.3 Å². The summed E-state index contributed by atoms with van der Waals surface area (Å²) in [6.45, 7) is 2.70. The van der Waals surface area contributed by atoms with Crippen molar-refractivity contribution in [3.05, 3.63) is 59.8 Å². The number of anilines is 1. The summed E-state index contributed by atoms with van der Waals surface area (Å²) in [7, 11) is -1.63. The molecule has 3 rings (SSSR count). The lowest BCUT2D eigenvalue weighted by atomic mass is 10.1. The molecule has 11 nitrogen and oxygen atoms in total. The number of hydrogen-bond acceptors (Lipinski definition) is 8. The van der Waals surface area contributed by atoms with Crippen LogP contribution in [0.15, 0.2) is 43.0 Å². The maximum Gasteiger partial charge on any atom is 0.239 e. The van der Waals surface area contributed by atoms with E-state index < -0.39 is 10.0 Å². The zero-order chi connectivity index (χ0) is 25.3. The fourth-order valence-electron chi connectivity index (χ4n) is 3.41. The minimum absolute atomic E-state index is 0.0387. The van der Waals surface area contributed by atoms with Crippen LogP contribution in [0.25, 0.3) is 5.95 Å². The van der Waals surface area contributed by atoms with Gasteiger partial charge >= 0.3 is 0 Å². The average molecular weight is 502 g/mol. The van der Waals surface area contributed by atoms with Gasteiger partial charge in [-0.25, -0.2) is 23.1 Å². The summed E-state index contributed by atoms with van der Waals surface area (Å²) in [5.74, 6) is 1.59. The molecule has 0 aliphatic heterocycles. The average Bonchev–Trinajstić information content (AvgIpc) is 3.36. The van der Waals surface area contributed by atoms with Crippen molar-refractivity contribution in [2.75, 3.05) is 38.3 Å². The first kappa shape index (κ1) is 26.1. The third-order valence-corrected chi connectivity index (χ3v) is 5.95. The zero-order valence-electron chi connectivity index (χ0n) is 20.1. The molecule has 0 atom stereocenters. The second-order valence-electron chi connectivity index (χ2n) is 7.98. The monoisotopic (exact) mass is 501 g/mol. The number of aromatic nitrogens is 4. The van der Waals surface area contributed by atoms with E-state index in [1.54, 1.807) is 30.4 Å². The SMILES string of the molecule is COc1ccc(CCNC(=O)CNc2nc(-n3ccnc3)nc(C)c2CCCNS(C)(=O)=O)cc1. The maximum absolute atomic E-state index is 12.5. The Bertz CT molecular complexity index is 1210. The molecule has 2 aromatic heterocycles. The molecule has 0 aliphatic rings. The van der Waals surface area contributed by atoms with Crippen molar-refractivity contribution in [1.29, 1.82) is 0 Å². The van der Waals surface area contributed by atoms with E-state index in [9.17, 15) is 13.2 Å². The standard InChI is InChI=1S/C23H31N7O4S/c1-17-20(5-4-11-27-35(3,32)33)22(29-23(28-17)30-14-13-24-16-30)26-15-21(31)25-12-10-18-6-8-19(34-2)9-7-18/h6-9,13-14,16,27H,4-5,10-12,15H2,1-3H3,(H,25,31)(H,26,28,29). The van der Waals surface area contributed by atoms with Crippen molar-refractivity contribution in [2.45, 2.75) is 26.2 Å². The molecule has 3 aromatic rings. The lowest BCUT2D eigenvalue weighted by Gasteiger charge is -2.15. The lowest BCUT2D eigenvalue weighted by Crippen LogP contribution is -2.32. The molecule has 0 saturated carbocycles. The van der Waals surface area contributed by atoms with E-state index in [-0.39, 0.29) is 12.5 Å². The van der Waals surface area contributed by atoms with Gasteiger partial charge in [-0.2, -0.15) is 4.98 Å². The van der Waals surface area contributed by atoms with Crippen LogP contribution in [0, 0.1) is 6.92 Å². The highest BCUT2D eigenvalue weighted by Crippen LogP contribution is 2.20. The van der Waals surface area contributed by atoms with Gasteiger partial charge in [-0.3, -0.25) is 9.36 Å². The summed E-state index contributed by atoms with van der Waals surface area (Å²) < 4.78 is 32.0. The Hall–Kier alpha value is -3.51. The van der Waals surface area contributed by atoms with Crippen LogP contribution in [0.3, 0.4) is 0 Å². The van der Waals surface area contributed by atoms with Crippen molar-refractivity contribution in [3.63, 3.8) is 0 Å². The molecule has 0 radical (unpaired) electrons. The Labute approximate surface area is 205 Å². The van der Waals surface area contributed by atoms with Crippen LogP contribution in [-0.2, 0) is 27.7 Å². The molecule has 3 N–H and O–H groups in total. The van der Waals surface area contributed by atoms with Gasteiger partial charge in [0.05, 0.1) is 19.9 Å². The molecule has 0 spiro atoms. The second kappa shape index (κ2) is 12.3. The van der Waals surface area contributed by atoms with Crippen LogP contribution in [0.5, 0.6) is 5.75 Å². The molecular weight excluding hydrogens is 470 g/mol. The first-order valence-corrected chi connectivity index (χ1v) is 13.1. The molecule has 0 fully saturated rings. The number of hydrogen-bond donors (Lipinski definition) is 3. The Balaban J connectivity index is 1.61. The van der Waals surface area contributed by atoms with E-state index in [1.165, 1.54) is 0 Å². The van der Waals surface area contributed by atoms with Crippen molar-refractivity contribution >= 4 is 21.7 Å². The number of ether oxygens (including phenoxy) is 1. The molecule has 1 amide bonds. The summed E-state index contributed by atoms with van der Waals surface area (Å²) in [5.41, 5.74) is 2.67. The Morgan fingerprint density at radius 3 is 2.54 bits per heavy atom. The highest BCUT2D eigenvalue weighted by atomic mass is 32.2. The van der Waals surface area contributed by atoms with Gasteiger partial charge in [0.25, 0.3) is 0 Å². The quantitative estimate of drug-likeness (QED) is 0.297. The van der Waals surface area contributed by atoms with Gasteiger partial charge in [-0.1, -0.05) is 12.1 Å². The Kier molecular flexibility index (Phi) is 9.15. The van der Waals surface area contributed by atoms with Crippen LogP contribution >= 0.6 is 0 Å². The predicted octanol–water partition coefficient (Wildman–Crippen LogP) is 1.23. The van der Waals surface area contributed by atoms with Gasteiger partial charge in [0.1, 0.15) is 17.9 Å². The summed E-state index contributed by atoms with van der Waals surface area (Å²) in [4.78, 5) is 25.6. The molecule has 0 unspecified atom stereocenters. The van der Waals surface area contributed by atoms with Crippen molar-refractivity contribution < 1.29 is 17.9 Å². The molecule has 0 aliphatic carbocycles. The van der Waals surface area contributed by atoms with E-state index >= 15 is 0 Å². The number of nitrogens with zero attached hydrogens (tertiary/aromatic N) is 4. The number of carbonyl (C=O) groups excluding carboxylic acids is 1.